The van der Waals surface area contributed by atoms with Crippen molar-refractivity contribution in [3.05, 3.63) is 39.5 Å². The van der Waals surface area contributed by atoms with Crippen molar-refractivity contribution < 1.29 is 9.52 Å². The Labute approximate surface area is 127 Å². The van der Waals surface area contributed by atoms with Crippen LogP contribution < -0.4 is 0 Å². The van der Waals surface area contributed by atoms with Gasteiger partial charge >= 0.3 is 0 Å². The molecule has 0 amide bonds. The zero-order valence-electron chi connectivity index (χ0n) is 12.2. The Bertz CT molecular complexity index is 574. The van der Waals surface area contributed by atoms with Crippen LogP contribution in [0, 0.1) is 0 Å². The molecule has 4 nitrogen and oxygen atoms in total. The highest BCUT2D eigenvalue weighted by Crippen LogP contribution is 2.28. The Morgan fingerprint density at radius 3 is 2.60 bits per heavy atom. The standard InChI is InChI=1S/C15H21BrN2O2/c1-4-10-7-8-14(20-10)13(19)9-12-15(16)11(5-2)17-18(12)6-3/h7-8,13,19H,4-6,9H2,1-3H3. The van der Waals surface area contributed by atoms with Crippen LogP contribution in [0.1, 0.15) is 49.8 Å². The molecule has 0 bridgehead atoms. The van der Waals surface area contributed by atoms with Crippen LogP contribution >= 0.6 is 15.9 Å². The van der Waals surface area contributed by atoms with Crippen molar-refractivity contribution in [1.29, 1.82) is 0 Å². The minimum Gasteiger partial charge on any atom is -0.463 e. The third-order valence-corrected chi connectivity index (χ3v) is 4.36. The molecule has 1 atom stereocenters. The number of aromatic nitrogens is 2. The van der Waals surface area contributed by atoms with Crippen LogP contribution in [0.25, 0.3) is 0 Å². The molecule has 0 fully saturated rings. The summed E-state index contributed by atoms with van der Waals surface area (Å²) in [6, 6.07) is 3.77. The summed E-state index contributed by atoms with van der Waals surface area (Å²) in [6.07, 6.45) is 1.57. The Hall–Kier alpha value is -1.07. The van der Waals surface area contributed by atoms with Gasteiger partial charge in [-0.3, -0.25) is 4.68 Å². The van der Waals surface area contributed by atoms with Crippen molar-refractivity contribution in [2.24, 2.45) is 0 Å². The number of furan rings is 1. The van der Waals surface area contributed by atoms with Gasteiger partial charge in [0, 0.05) is 19.4 Å². The molecule has 0 radical (unpaired) electrons. The third-order valence-electron chi connectivity index (χ3n) is 3.44. The molecule has 0 saturated carbocycles. The molecule has 2 rings (SSSR count). The monoisotopic (exact) mass is 340 g/mol. The minimum atomic E-state index is -0.640. The topological polar surface area (TPSA) is 51.2 Å². The number of nitrogens with zero attached hydrogens (tertiary/aromatic N) is 2. The molecular weight excluding hydrogens is 320 g/mol. The molecule has 1 N–H and O–H groups in total. The van der Waals surface area contributed by atoms with E-state index in [-0.39, 0.29) is 0 Å². The van der Waals surface area contributed by atoms with Gasteiger partial charge in [0.05, 0.1) is 15.9 Å². The minimum absolute atomic E-state index is 0.498. The summed E-state index contributed by atoms with van der Waals surface area (Å²) in [6.45, 7) is 6.95. The predicted molar refractivity (Wildman–Crippen MR) is 81.7 cm³/mol. The van der Waals surface area contributed by atoms with Gasteiger partial charge < -0.3 is 9.52 Å². The Kier molecular flexibility index (Phi) is 5.05. The van der Waals surface area contributed by atoms with Crippen molar-refractivity contribution >= 4 is 15.9 Å². The van der Waals surface area contributed by atoms with Gasteiger partial charge in [0.1, 0.15) is 17.6 Å². The van der Waals surface area contributed by atoms with E-state index in [0.717, 1.165) is 41.0 Å². The van der Waals surface area contributed by atoms with E-state index in [2.05, 4.69) is 34.9 Å². The maximum atomic E-state index is 10.4. The summed E-state index contributed by atoms with van der Waals surface area (Å²) < 4.78 is 8.56. The molecule has 0 spiro atoms. The molecule has 2 aromatic rings. The third kappa shape index (κ3) is 2.99. The Morgan fingerprint density at radius 1 is 1.30 bits per heavy atom. The van der Waals surface area contributed by atoms with Gasteiger partial charge in [-0.25, -0.2) is 0 Å². The second kappa shape index (κ2) is 6.59. The predicted octanol–water partition coefficient (Wildman–Crippen LogP) is 3.66. The number of aliphatic hydroxyl groups is 1. The smallest absolute Gasteiger partial charge is 0.133 e. The van der Waals surface area contributed by atoms with Crippen LogP contribution in [0.15, 0.2) is 21.0 Å². The normalized spacial score (nSPS) is 12.8. The van der Waals surface area contributed by atoms with E-state index in [4.69, 9.17) is 4.42 Å². The Balaban J connectivity index is 2.22. The quantitative estimate of drug-likeness (QED) is 0.872. The molecule has 2 aromatic heterocycles. The first-order valence-corrected chi connectivity index (χ1v) is 7.90. The summed E-state index contributed by atoms with van der Waals surface area (Å²) >= 11 is 3.60. The van der Waals surface area contributed by atoms with Crippen molar-refractivity contribution in [2.45, 2.75) is 52.7 Å². The molecule has 20 heavy (non-hydrogen) atoms. The van der Waals surface area contributed by atoms with E-state index >= 15 is 0 Å². The molecule has 1 unspecified atom stereocenters. The lowest BCUT2D eigenvalue weighted by molar-refractivity contribution is 0.145. The van der Waals surface area contributed by atoms with Gasteiger partial charge in [-0.05, 0) is 41.4 Å². The molecule has 2 heterocycles. The zero-order chi connectivity index (χ0) is 14.7. The van der Waals surface area contributed by atoms with Gasteiger partial charge in [-0.1, -0.05) is 13.8 Å². The largest absolute Gasteiger partial charge is 0.463 e. The van der Waals surface area contributed by atoms with E-state index in [1.54, 1.807) is 0 Å². The molecule has 0 aliphatic carbocycles. The molecule has 0 aliphatic rings. The summed E-state index contributed by atoms with van der Waals surface area (Å²) in [4.78, 5) is 0. The molecule has 0 aliphatic heterocycles. The maximum absolute atomic E-state index is 10.4. The molecular formula is C15H21BrN2O2. The van der Waals surface area contributed by atoms with Gasteiger partial charge in [-0.15, -0.1) is 0 Å². The van der Waals surface area contributed by atoms with Crippen LogP contribution in [0.3, 0.4) is 0 Å². The second-order valence-electron chi connectivity index (χ2n) is 4.75. The van der Waals surface area contributed by atoms with Gasteiger partial charge in [0.15, 0.2) is 0 Å². The first kappa shape index (κ1) is 15.3. The number of hydrogen-bond donors (Lipinski definition) is 1. The number of aryl methyl sites for hydroxylation is 3. The maximum Gasteiger partial charge on any atom is 0.133 e. The van der Waals surface area contributed by atoms with Crippen molar-refractivity contribution in [3.8, 4) is 0 Å². The number of hydrogen-bond acceptors (Lipinski definition) is 3. The number of aliphatic hydroxyl groups excluding tert-OH is 1. The SMILES string of the molecule is CCc1ccc(C(O)Cc2c(Br)c(CC)nn2CC)o1. The van der Waals surface area contributed by atoms with E-state index in [1.807, 2.05) is 23.7 Å². The van der Waals surface area contributed by atoms with E-state index in [1.165, 1.54) is 0 Å². The van der Waals surface area contributed by atoms with Crippen molar-refractivity contribution in [3.63, 3.8) is 0 Å². The van der Waals surface area contributed by atoms with E-state index in [0.29, 0.717) is 12.2 Å². The number of rotatable bonds is 6. The van der Waals surface area contributed by atoms with E-state index in [9.17, 15) is 5.11 Å². The average Bonchev–Trinajstić information content (AvgIpc) is 3.05. The fraction of sp³-hybridized carbons (Fsp3) is 0.533. The fourth-order valence-corrected chi connectivity index (χ4v) is 2.99. The summed E-state index contributed by atoms with van der Waals surface area (Å²) in [7, 11) is 0. The van der Waals surface area contributed by atoms with Crippen molar-refractivity contribution in [2.75, 3.05) is 0 Å². The lowest BCUT2D eigenvalue weighted by Crippen LogP contribution is -2.08. The van der Waals surface area contributed by atoms with Crippen molar-refractivity contribution in [1.82, 2.24) is 9.78 Å². The molecule has 5 heteroatoms. The van der Waals surface area contributed by atoms with Crippen LogP contribution in [0.2, 0.25) is 0 Å². The average molecular weight is 341 g/mol. The second-order valence-corrected chi connectivity index (χ2v) is 5.55. The Morgan fingerprint density at radius 2 is 2.05 bits per heavy atom. The number of halogens is 1. The first-order chi connectivity index (χ1) is 9.60. The van der Waals surface area contributed by atoms with Crippen LogP contribution in [-0.2, 0) is 25.8 Å². The lowest BCUT2D eigenvalue weighted by Gasteiger charge is -2.10. The highest BCUT2D eigenvalue weighted by atomic mass is 79.9. The highest BCUT2D eigenvalue weighted by Gasteiger charge is 2.20. The summed E-state index contributed by atoms with van der Waals surface area (Å²) in [5.74, 6) is 1.52. The lowest BCUT2D eigenvalue weighted by atomic mass is 10.1. The van der Waals surface area contributed by atoms with Crippen LogP contribution in [0.5, 0.6) is 0 Å². The fourth-order valence-electron chi connectivity index (χ4n) is 2.26. The summed E-state index contributed by atoms with van der Waals surface area (Å²) in [5.41, 5.74) is 2.05. The molecule has 0 aromatic carbocycles. The zero-order valence-corrected chi connectivity index (χ0v) is 13.8. The van der Waals surface area contributed by atoms with E-state index < -0.39 is 6.10 Å². The summed E-state index contributed by atoms with van der Waals surface area (Å²) in [5, 5.41) is 14.9. The highest BCUT2D eigenvalue weighted by molar-refractivity contribution is 9.10. The van der Waals surface area contributed by atoms with Gasteiger partial charge in [0.2, 0.25) is 0 Å². The van der Waals surface area contributed by atoms with Crippen LogP contribution in [-0.4, -0.2) is 14.9 Å². The van der Waals surface area contributed by atoms with Crippen LogP contribution in [0.4, 0.5) is 0 Å². The molecule has 0 saturated heterocycles. The molecule has 110 valence electrons. The van der Waals surface area contributed by atoms with Gasteiger partial charge in [-0.2, -0.15) is 5.10 Å². The van der Waals surface area contributed by atoms with Gasteiger partial charge in [0.25, 0.3) is 0 Å². The first-order valence-electron chi connectivity index (χ1n) is 7.11.